The summed E-state index contributed by atoms with van der Waals surface area (Å²) < 4.78 is 0. The van der Waals surface area contributed by atoms with E-state index >= 15 is 0 Å². The minimum atomic E-state index is 0.550. The molecule has 1 aromatic heterocycles. The van der Waals surface area contributed by atoms with Crippen molar-refractivity contribution in [3.05, 3.63) is 30.1 Å². The van der Waals surface area contributed by atoms with Gasteiger partial charge in [0, 0.05) is 18.4 Å². The Kier molecular flexibility index (Phi) is 3.14. The topological polar surface area (TPSA) is 75.3 Å². The molecule has 1 aromatic rings. The molecule has 0 amide bonds. The molecule has 1 saturated carbocycles. The summed E-state index contributed by atoms with van der Waals surface area (Å²) >= 11 is 0. The number of hydrazine groups is 1. The largest absolute Gasteiger partial charge is 0.353 e. The molecule has 1 heterocycles. The van der Waals surface area contributed by atoms with Crippen molar-refractivity contribution in [1.29, 1.82) is 0 Å². The van der Waals surface area contributed by atoms with Crippen LogP contribution in [-0.2, 0) is 6.54 Å². The molecule has 0 radical (unpaired) electrons. The highest BCUT2D eigenvalue weighted by molar-refractivity contribution is 5.79. The van der Waals surface area contributed by atoms with E-state index in [1.807, 2.05) is 12.1 Å². The highest BCUT2D eigenvalue weighted by Crippen LogP contribution is 2.18. The van der Waals surface area contributed by atoms with Crippen molar-refractivity contribution >= 4 is 5.96 Å². The van der Waals surface area contributed by atoms with Gasteiger partial charge < -0.3 is 5.32 Å². The van der Waals surface area contributed by atoms with Gasteiger partial charge >= 0.3 is 0 Å². The third kappa shape index (κ3) is 3.21. The number of hydrogen-bond donors (Lipinski definition) is 3. The van der Waals surface area contributed by atoms with Crippen LogP contribution in [0.15, 0.2) is 29.5 Å². The molecule has 0 aliphatic heterocycles. The number of rotatable bonds is 3. The van der Waals surface area contributed by atoms with Gasteiger partial charge in [-0.2, -0.15) is 0 Å². The van der Waals surface area contributed by atoms with E-state index < -0.39 is 0 Å². The van der Waals surface area contributed by atoms with Crippen molar-refractivity contribution in [2.45, 2.75) is 25.4 Å². The highest BCUT2D eigenvalue weighted by atomic mass is 15.3. The Morgan fingerprint density at radius 2 is 2.47 bits per heavy atom. The molecule has 0 spiro atoms. The molecule has 15 heavy (non-hydrogen) atoms. The van der Waals surface area contributed by atoms with E-state index in [1.165, 1.54) is 12.8 Å². The first-order chi connectivity index (χ1) is 7.38. The van der Waals surface area contributed by atoms with Crippen LogP contribution in [0.4, 0.5) is 0 Å². The van der Waals surface area contributed by atoms with Crippen molar-refractivity contribution in [2.24, 2.45) is 10.8 Å². The molecule has 0 saturated heterocycles. The maximum absolute atomic E-state index is 5.35. The van der Waals surface area contributed by atoms with Crippen LogP contribution >= 0.6 is 0 Å². The molecular weight excluding hydrogens is 190 g/mol. The highest BCUT2D eigenvalue weighted by Gasteiger charge is 2.21. The second kappa shape index (κ2) is 4.75. The van der Waals surface area contributed by atoms with Crippen LogP contribution in [0.2, 0.25) is 0 Å². The number of aromatic nitrogens is 1. The van der Waals surface area contributed by atoms with E-state index in [4.69, 9.17) is 5.84 Å². The first-order valence-corrected chi connectivity index (χ1v) is 5.05. The third-order valence-electron chi connectivity index (χ3n) is 2.20. The predicted octanol–water partition coefficient (Wildman–Crippen LogP) is 0.153. The van der Waals surface area contributed by atoms with Gasteiger partial charge in [0.2, 0.25) is 5.96 Å². The van der Waals surface area contributed by atoms with E-state index in [1.54, 1.807) is 12.4 Å². The first-order valence-electron chi connectivity index (χ1n) is 5.05. The Morgan fingerprint density at radius 3 is 3.07 bits per heavy atom. The maximum atomic E-state index is 5.35. The maximum Gasteiger partial charge on any atom is 0.206 e. The number of hydrogen-bond acceptors (Lipinski definition) is 3. The Morgan fingerprint density at radius 1 is 1.60 bits per heavy atom. The average molecular weight is 205 g/mol. The fourth-order valence-electron chi connectivity index (χ4n) is 1.22. The summed E-state index contributed by atoms with van der Waals surface area (Å²) in [6, 6.07) is 4.44. The van der Waals surface area contributed by atoms with Crippen molar-refractivity contribution in [3.8, 4) is 0 Å². The van der Waals surface area contributed by atoms with Gasteiger partial charge in [-0.25, -0.2) is 10.8 Å². The zero-order valence-electron chi connectivity index (χ0n) is 8.48. The van der Waals surface area contributed by atoms with E-state index in [9.17, 15) is 0 Å². The molecule has 5 heteroatoms. The molecule has 5 nitrogen and oxygen atoms in total. The normalized spacial score (nSPS) is 16.2. The summed E-state index contributed by atoms with van der Waals surface area (Å²) in [5, 5.41) is 3.20. The van der Waals surface area contributed by atoms with Crippen LogP contribution in [-0.4, -0.2) is 17.0 Å². The molecule has 0 unspecified atom stereocenters. The lowest BCUT2D eigenvalue weighted by Crippen LogP contribution is -2.42. The molecule has 1 fully saturated rings. The van der Waals surface area contributed by atoms with Gasteiger partial charge in [0.25, 0.3) is 0 Å². The van der Waals surface area contributed by atoms with Crippen LogP contribution < -0.4 is 16.6 Å². The SMILES string of the molecule is NNC(=NCc1cccnc1)NC1CC1. The van der Waals surface area contributed by atoms with Crippen molar-refractivity contribution in [1.82, 2.24) is 15.7 Å². The lowest BCUT2D eigenvalue weighted by atomic mass is 10.3. The molecule has 0 atom stereocenters. The molecule has 4 N–H and O–H groups in total. The Labute approximate surface area is 88.8 Å². The van der Waals surface area contributed by atoms with Crippen LogP contribution in [0.3, 0.4) is 0 Å². The second-order valence-corrected chi connectivity index (χ2v) is 3.59. The minimum Gasteiger partial charge on any atom is -0.353 e. The zero-order valence-corrected chi connectivity index (χ0v) is 8.48. The second-order valence-electron chi connectivity index (χ2n) is 3.59. The van der Waals surface area contributed by atoms with Crippen molar-refractivity contribution < 1.29 is 0 Å². The van der Waals surface area contributed by atoms with Gasteiger partial charge in [-0.3, -0.25) is 10.4 Å². The average Bonchev–Trinajstić information content (AvgIpc) is 3.09. The molecule has 1 aliphatic carbocycles. The number of aliphatic imine (C=N–C) groups is 1. The summed E-state index contributed by atoms with van der Waals surface area (Å²) in [6.07, 6.45) is 5.95. The lowest BCUT2D eigenvalue weighted by Gasteiger charge is -2.07. The Balaban J connectivity index is 1.90. The first kappa shape index (κ1) is 9.92. The zero-order chi connectivity index (χ0) is 10.5. The number of nitrogens with one attached hydrogen (secondary N) is 2. The molecule has 1 aliphatic rings. The Hall–Kier alpha value is -1.62. The van der Waals surface area contributed by atoms with Crippen LogP contribution in [0.1, 0.15) is 18.4 Å². The monoisotopic (exact) mass is 205 g/mol. The number of nitrogens with two attached hydrogens (primary N) is 1. The number of nitrogens with zero attached hydrogens (tertiary/aromatic N) is 2. The lowest BCUT2D eigenvalue weighted by molar-refractivity contribution is 0.820. The summed E-state index contributed by atoms with van der Waals surface area (Å²) in [7, 11) is 0. The third-order valence-corrected chi connectivity index (χ3v) is 2.20. The van der Waals surface area contributed by atoms with Gasteiger partial charge in [0.15, 0.2) is 0 Å². The summed E-state index contributed by atoms with van der Waals surface area (Å²) in [5.74, 6) is 6.01. The fourth-order valence-corrected chi connectivity index (χ4v) is 1.22. The Bertz CT molecular complexity index is 331. The van der Waals surface area contributed by atoms with Gasteiger partial charge in [-0.15, -0.1) is 0 Å². The smallest absolute Gasteiger partial charge is 0.206 e. The quantitative estimate of drug-likeness (QED) is 0.284. The molecule has 0 aromatic carbocycles. The minimum absolute atomic E-state index is 0.550. The fraction of sp³-hybridized carbons (Fsp3) is 0.400. The molecule has 80 valence electrons. The van der Waals surface area contributed by atoms with Crippen molar-refractivity contribution in [3.63, 3.8) is 0 Å². The van der Waals surface area contributed by atoms with Crippen LogP contribution in [0, 0.1) is 0 Å². The standard InChI is InChI=1S/C10H15N5/c11-15-10(14-9-3-4-9)13-7-8-2-1-5-12-6-8/h1-2,5-6,9H,3-4,7,11H2,(H2,13,14,15). The van der Waals surface area contributed by atoms with E-state index in [0.29, 0.717) is 18.5 Å². The van der Waals surface area contributed by atoms with Gasteiger partial charge in [0.1, 0.15) is 0 Å². The summed E-state index contributed by atoms with van der Waals surface area (Å²) in [5.41, 5.74) is 3.63. The van der Waals surface area contributed by atoms with Crippen molar-refractivity contribution in [2.75, 3.05) is 0 Å². The molecular formula is C10H15N5. The summed E-state index contributed by atoms with van der Waals surface area (Å²) in [6.45, 7) is 0.590. The number of pyridine rings is 1. The molecule has 2 rings (SSSR count). The summed E-state index contributed by atoms with van der Waals surface area (Å²) in [4.78, 5) is 8.34. The van der Waals surface area contributed by atoms with Crippen LogP contribution in [0.25, 0.3) is 0 Å². The predicted molar refractivity (Wildman–Crippen MR) is 58.9 cm³/mol. The molecule has 0 bridgehead atoms. The van der Waals surface area contributed by atoms with E-state index in [-0.39, 0.29) is 0 Å². The van der Waals surface area contributed by atoms with Gasteiger partial charge in [0.05, 0.1) is 6.54 Å². The van der Waals surface area contributed by atoms with Gasteiger partial charge in [-0.05, 0) is 24.5 Å². The van der Waals surface area contributed by atoms with Crippen LogP contribution in [0.5, 0.6) is 0 Å². The number of guanidine groups is 1. The van der Waals surface area contributed by atoms with E-state index in [0.717, 1.165) is 5.56 Å². The van der Waals surface area contributed by atoms with E-state index in [2.05, 4.69) is 20.7 Å². The van der Waals surface area contributed by atoms with Gasteiger partial charge in [-0.1, -0.05) is 6.07 Å².